The molecule has 2 aromatic carbocycles. The van der Waals surface area contributed by atoms with Gasteiger partial charge in [0.2, 0.25) is 0 Å². The zero-order chi connectivity index (χ0) is 15.7. The van der Waals surface area contributed by atoms with E-state index in [-0.39, 0.29) is 5.69 Å². The fourth-order valence-electron chi connectivity index (χ4n) is 1.88. The minimum Gasteiger partial charge on any atom is -0.398 e. The normalized spacial score (nSPS) is 12.3. The number of nitrogen functional groups attached to an aromatic ring is 1. The molecular formula is C14H12F3NO2S. The predicted molar refractivity (Wildman–Crippen MR) is 73.2 cm³/mol. The molecule has 112 valence electrons. The number of halogens is 3. The molecule has 0 saturated heterocycles. The van der Waals surface area contributed by atoms with E-state index < -0.39 is 37.8 Å². The molecule has 7 heteroatoms. The molecule has 2 aromatic rings. The van der Waals surface area contributed by atoms with Crippen LogP contribution < -0.4 is 5.73 Å². The van der Waals surface area contributed by atoms with E-state index in [1.54, 1.807) is 6.07 Å². The number of nitrogens with two attached hydrogens (primary N) is 1. The van der Waals surface area contributed by atoms with Gasteiger partial charge in [-0.2, -0.15) is 0 Å². The molecule has 0 aromatic heterocycles. The Kier molecular flexibility index (Phi) is 3.95. The maximum atomic E-state index is 14.1. The lowest BCUT2D eigenvalue weighted by molar-refractivity contribution is 0.0213. The van der Waals surface area contributed by atoms with E-state index in [1.165, 1.54) is 12.1 Å². The van der Waals surface area contributed by atoms with Gasteiger partial charge in [0, 0.05) is 5.56 Å². The Hall–Kier alpha value is -2.02. The molecule has 2 N–H and O–H groups in total. The standard InChI is InChI=1S/C14H12F3NO2S/c15-11-6-7-13(12(18)8-11)21(19,20)9-14(16,17)10-4-2-1-3-5-10/h1-8H,9,18H2. The highest BCUT2D eigenvalue weighted by atomic mass is 32.2. The first-order chi connectivity index (χ1) is 9.72. The summed E-state index contributed by atoms with van der Waals surface area (Å²) in [5, 5.41) is 0. The van der Waals surface area contributed by atoms with Crippen LogP contribution in [0.5, 0.6) is 0 Å². The first-order valence-electron chi connectivity index (χ1n) is 5.93. The Morgan fingerprint density at radius 3 is 2.24 bits per heavy atom. The summed E-state index contributed by atoms with van der Waals surface area (Å²) in [5.74, 6) is -5.73. The summed E-state index contributed by atoms with van der Waals surface area (Å²) in [4.78, 5) is -0.500. The van der Waals surface area contributed by atoms with Crippen molar-refractivity contribution in [2.24, 2.45) is 0 Å². The van der Waals surface area contributed by atoms with E-state index in [0.29, 0.717) is 0 Å². The van der Waals surface area contributed by atoms with Crippen LogP contribution in [0.15, 0.2) is 53.4 Å². The van der Waals surface area contributed by atoms with Crippen molar-refractivity contribution in [3.8, 4) is 0 Å². The third kappa shape index (κ3) is 3.36. The molecule has 3 nitrogen and oxygen atoms in total. The van der Waals surface area contributed by atoms with E-state index >= 15 is 0 Å². The number of anilines is 1. The lowest BCUT2D eigenvalue weighted by atomic mass is 10.1. The van der Waals surface area contributed by atoms with Gasteiger partial charge in [-0.15, -0.1) is 0 Å². The second-order valence-corrected chi connectivity index (χ2v) is 6.47. The molecular weight excluding hydrogens is 303 g/mol. The van der Waals surface area contributed by atoms with Crippen LogP contribution in [0.2, 0.25) is 0 Å². The van der Waals surface area contributed by atoms with E-state index in [0.717, 1.165) is 30.3 Å². The molecule has 21 heavy (non-hydrogen) atoms. The minimum atomic E-state index is -4.36. The summed E-state index contributed by atoms with van der Waals surface area (Å²) >= 11 is 0. The van der Waals surface area contributed by atoms with Gasteiger partial charge < -0.3 is 5.73 Å². The number of hydrogen-bond donors (Lipinski definition) is 1. The highest BCUT2D eigenvalue weighted by Crippen LogP contribution is 2.33. The average molecular weight is 315 g/mol. The van der Waals surface area contributed by atoms with E-state index in [9.17, 15) is 21.6 Å². The van der Waals surface area contributed by atoms with Gasteiger partial charge in [0.15, 0.2) is 9.84 Å². The highest BCUT2D eigenvalue weighted by molar-refractivity contribution is 7.91. The third-order valence-corrected chi connectivity index (χ3v) is 4.66. The fraction of sp³-hybridized carbons (Fsp3) is 0.143. The average Bonchev–Trinajstić information content (AvgIpc) is 2.38. The molecule has 0 aliphatic rings. The monoisotopic (exact) mass is 315 g/mol. The Morgan fingerprint density at radius 2 is 1.67 bits per heavy atom. The van der Waals surface area contributed by atoms with Crippen molar-refractivity contribution in [2.45, 2.75) is 10.8 Å². The molecule has 0 aliphatic carbocycles. The summed E-state index contributed by atoms with van der Waals surface area (Å²) in [6, 6.07) is 9.15. The second-order valence-electron chi connectivity index (χ2n) is 4.51. The van der Waals surface area contributed by atoms with Crippen molar-refractivity contribution in [2.75, 3.05) is 11.5 Å². The SMILES string of the molecule is Nc1cc(F)ccc1S(=O)(=O)CC(F)(F)c1ccccc1. The maximum Gasteiger partial charge on any atom is 0.287 e. The number of sulfone groups is 1. The Bertz CT molecular complexity index is 746. The van der Waals surface area contributed by atoms with Crippen LogP contribution >= 0.6 is 0 Å². The van der Waals surface area contributed by atoms with E-state index in [1.807, 2.05) is 0 Å². The summed E-state index contributed by atoms with van der Waals surface area (Å²) < 4.78 is 65.2. The molecule has 0 spiro atoms. The van der Waals surface area contributed by atoms with Gasteiger partial charge in [0.05, 0.1) is 10.6 Å². The zero-order valence-electron chi connectivity index (χ0n) is 10.8. The summed E-state index contributed by atoms with van der Waals surface area (Å²) in [5.41, 5.74) is 4.60. The van der Waals surface area contributed by atoms with Crippen LogP contribution in [0.1, 0.15) is 5.56 Å². The Morgan fingerprint density at radius 1 is 1.05 bits per heavy atom. The first kappa shape index (κ1) is 15.4. The minimum absolute atomic E-state index is 0.390. The van der Waals surface area contributed by atoms with E-state index in [2.05, 4.69) is 0 Å². The van der Waals surface area contributed by atoms with Crippen LogP contribution in [0, 0.1) is 5.82 Å². The van der Waals surface area contributed by atoms with Crippen LogP contribution in [-0.4, -0.2) is 14.2 Å². The molecule has 0 aliphatic heterocycles. The van der Waals surface area contributed by atoms with Crippen molar-refractivity contribution in [1.29, 1.82) is 0 Å². The molecule has 0 atom stereocenters. The third-order valence-electron chi connectivity index (χ3n) is 2.87. The predicted octanol–water partition coefficient (Wildman–Crippen LogP) is 2.97. The van der Waals surface area contributed by atoms with Crippen molar-refractivity contribution in [3.05, 3.63) is 59.9 Å². The molecule has 2 rings (SSSR count). The topological polar surface area (TPSA) is 60.2 Å². The smallest absolute Gasteiger partial charge is 0.287 e. The molecule has 0 fully saturated rings. The van der Waals surface area contributed by atoms with Gasteiger partial charge in [-0.3, -0.25) is 0 Å². The molecule has 0 heterocycles. The summed E-state index contributed by atoms with van der Waals surface area (Å²) in [6.45, 7) is 0. The van der Waals surface area contributed by atoms with Crippen molar-refractivity contribution >= 4 is 15.5 Å². The lowest BCUT2D eigenvalue weighted by Gasteiger charge is -2.17. The van der Waals surface area contributed by atoms with Crippen molar-refractivity contribution in [1.82, 2.24) is 0 Å². The molecule has 0 saturated carbocycles. The Labute approximate surface area is 120 Å². The molecule has 0 radical (unpaired) electrons. The van der Waals surface area contributed by atoms with Crippen molar-refractivity contribution in [3.63, 3.8) is 0 Å². The van der Waals surface area contributed by atoms with Gasteiger partial charge in [-0.25, -0.2) is 21.6 Å². The first-order valence-corrected chi connectivity index (χ1v) is 7.59. The Balaban J connectivity index is 2.37. The van der Waals surface area contributed by atoms with Crippen molar-refractivity contribution < 1.29 is 21.6 Å². The summed E-state index contributed by atoms with van der Waals surface area (Å²) in [6.07, 6.45) is 0. The lowest BCUT2D eigenvalue weighted by Crippen LogP contribution is -2.26. The van der Waals surface area contributed by atoms with Gasteiger partial charge in [0.1, 0.15) is 11.6 Å². The highest BCUT2D eigenvalue weighted by Gasteiger charge is 2.38. The van der Waals surface area contributed by atoms with Gasteiger partial charge in [0.25, 0.3) is 5.92 Å². The number of rotatable bonds is 4. The quantitative estimate of drug-likeness (QED) is 0.697. The molecule has 0 amide bonds. The summed E-state index contributed by atoms with van der Waals surface area (Å²) in [7, 11) is -4.36. The maximum absolute atomic E-state index is 14.1. The fourth-order valence-corrected chi connectivity index (χ4v) is 3.38. The van der Waals surface area contributed by atoms with Gasteiger partial charge in [-0.05, 0) is 18.2 Å². The van der Waals surface area contributed by atoms with E-state index in [4.69, 9.17) is 5.73 Å². The molecule has 0 bridgehead atoms. The number of benzene rings is 2. The van der Waals surface area contributed by atoms with Crippen LogP contribution in [0.25, 0.3) is 0 Å². The van der Waals surface area contributed by atoms with Crippen LogP contribution in [0.3, 0.4) is 0 Å². The van der Waals surface area contributed by atoms with Crippen LogP contribution in [-0.2, 0) is 15.8 Å². The van der Waals surface area contributed by atoms with Crippen LogP contribution in [0.4, 0.5) is 18.9 Å². The zero-order valence-corrected chi connectivity index (χ0v) is 11.6. The molecule has 0 unspecified atom stereocenters. The number of alkyl halides is 2. The van der Waals surface area contributed by atoms with Gasteiger partial charge in [-0.1, -0.05) is 30.3 Å². The van der Waals surface area contributed by atoms with Gasteiger partial charge >= 0.3 is 0 Å². The second kappa shape index (κ2) is 5.40. The largest absolute Gasteiger partial charge is 0.398 e. The number of hydrogen-bond acceptors (Lipinski definition) is 3.